The van der Waals surface area contributed by atoms with Crippen molar-refractivity contribution in [1.82, 2.24) is 9.97 Å². The molecule has 1 heterocycles. The fourth-order valence-electron chi connectivity index (χ4n) is 1.24. The zero-order valence-electron chi connectivity index (χ0n) is 8.58. The molecule has 0 amide bonds. The van der Waals surface area contributed by atoms with Crippen LogP contribution in [0.25, 0.3) is 11.0 Å². The second-order valence-electron chi connectivity index (χ2n) is 3.34. The topological polar surface area (TPSA) is 66.2 Å². The Kier molecular flexibility index (Phi) is 3.71. The number of aliphatic hydroxyl groups excluding tert-OH is 2. The van der Waals surface area contributed by atoms with E-state index in [1.807, 2.05) is 24.3 Å². The van der Waals surface area contributed by atoms with E-state index in [2.05, 4.69) is 9.97 Å². The summed E-state index contributed by atoms with van der Waals surface area (Å²) in [6.45, 7) is -0.228. The fourth-order valence-corrected chi connectivity index (χ4v) is 2.00. The third-order valence-electron chi connectivity index (χ3n) is 2.06. The zero-order chi connectivity index (χ0) is 11.4. The number of benzene rings is 1. The lowest BCUT2D eigenvalue weighted by atomic mass is 10.3. The van der Waals surface area contributed by atoms with Gasteiger partial charge in [0.25, 0.3) is 0 Å². The van der Waals surface area contributed by atoms with Gasteiger partial charge in [0, 0.05) is 5.75 Å². The highest BCUT2D eigenvalue weighted by molar-refractivity contribution is 7.99. The summed E-state index contributed by atoms with van der Waals surface area (Å²) in [7, 11) is 0. The number of thioether (sulfide) groups is 1. The summed E-state index contributed by atoms with van der Waals surface area (Å²) >= 11 is 1.38. The van der Waals surface area contributed by atoms with E-state index in [1.54, 1.807) is 6.20 Å². The summed E-state index contributed by atoms with van der Waals surface area (Å²) < 4.78 is 0. The molecule has 0 fully saturated rings. The lowest BCUT2D eigenvalue weighted by Gasteiger charge is -2.05. The Bertz CT molecular complexity index is 478. The Morgan fingerprint density at radius 2 is 2.00 bits per heavy atom. The highest BCUT2D eigenvalue weighted by Crippen LogP contribution is 2.18. The van der Waals surface area contributed by atoms with Gasteiger partial charge >= 0.3 is 0 Å². The van der Waals surface area contributed by atoms with E-state index in [0.717, 1.165) is 16.1 Å². The molecule has 2 aromatic rings. The highest BCUT2D eigenvalue weighted by Gasteiger charge is 2.05. The van der Waals surface area contributed by atoms with Crippen molar-refractivity contribution >= 4 is 22.8 Å². The van der Waals surface area contributed by atoms with Gasteiger partial charge in [0.1, 0.15) is 5.03 Å². The summed E-state index contributed by atoms with van der Waals surface area (Å²) in [5.74, 6) is 0.420. The van der Waals surface area contributed by atoms with Gasteiger partial charge in [0.05, 0.1) is 29.9 Å². The first kappa shape index (κ1) is 11.3. The van der Waals surface area contributed by atoms with E-state index < -0.39 is 6.10 Å². The van der Waals surface area contributed by atoms with Crippen LogP contribution in [-0.2, 0) is 0 Å². The second kappa shape index (κ2) is 5.25. The summed E-state index contributed by atoms with van der Waals surface area (Å²) in [6.07, 6.45) is 0.968. The van der Waals surface area contributed by atoms with Gasteiger partial charge in [0.2, 0.25) is 0 Å². The molecule has 0 aliphatic rings. The van der Waals surface area contributed by atoms with Crippen LogP contribution in [0.2, 0.25) is 0 Å². The number of aromatic nitrogens is 2. The molecule has 1 aromatic heterocycles. The number of aliphatic hydroxyl groups is 2. The summed E-state index contributed by atoms with van der Waals surface area (Å²) in [5.41, 5.74) is 1.69. The molecule has 0 unspecified atom stereocenters. The van der Waals surface area contributed by atoms with Gasteiger partial charge in [0.15, 0.2) is 0 Å². The molecule has 0 aliphatic carbocycles. The van der Waals surface area contributed by atoms with Crippen molar-refractivity contribution in [3.8, 4) is 0 Å². The van der Waals surface area contributed by atoms with Crippen LogP contribution < -0.4 is 0 Å². The van der Waals surface area contributed by atoms with Crippen LogP contribution in [0, 0.1) is 0 Å². The maximum Gasteiger partial charge on any atom is 0.115 e. The summed E-state index contributed by atoms with van der Waals surface area (Å²) in [6, 6.07) is 7.63. The molecule has 2 rings (SSSR count). The van der Waals surface area contributed by atoms with Crippen molar-refractivity contribution in [1.29, 1.82) is 0 Å². The maximum atomic E-state index is 9.21. The molecule has 84 valence electrons. The monoisotopic (exact) mass is 236 g/mol. The van der Waals surface area contributed by atoms with Crippen molar-refractivity contribution in [3.05, 3.63) is 30.5 Å². The average Bonchev–Trinajstić information content (AvgIpc) is 2.35. The number of hydrogen-bond acceptors (Lipinski definition) is 5. The summed E-state index contributed by atoms with van der Waals surface area (Å²) in [5, 5.41) is 18.7. The number of fused-ring (bicyclic) bond motifs is 1. The Morgan fingerprint density at radius 1 is 1.25 bits per heavy atom. The Labute approximate surface area is 97.4 Å². The molecule has 0 saturated carbocycles. The molecule has 16 heavy (non-hydrogen) atoms. The van der Waals surface area contributed by atoms with E-state index in [9.17, 15) is 5.11 Å². The van der Waals surface area contributed by atoms with Crippen molar-refractivity contribution in [2.75, 3.05) is 12.4 Å². The molecular weight excluding hydrogens is 224 g/mol. The minimum atomic E-state index is -0.710. The number of hydrogen-bond donors (Lipinski definition) is 2. The molecule has 2 N–H and O–H groups in total. The SMILES string of the molecule is OC[C@@H](O)CSc1cnc2ccccc2n1. The van der Waals surface area contributed by atoms with Crippen LogP contribution in [0.5, 0.6) is 0 Å². The Balaban J connectivity index is 2.13. The average molecular weight is 236 g/mol. The number of para-hydroxylation sites is 2. The van der Waals surface area contributed by atoms with Gasteiger partial charge in [-0.1, -0.05) is 12.1 Å². The molecule has 5 heteroatoms. The predicted octanol–water partition coefficient (Wildman–Crippen LogP) is 1.08. The van der Waals surface area contributed by atoms with Crippen LogP contribution in [-0.4, -0.2) is 38.6 Å². The molecule has 1 atom stereocenters. The first-order valence-electron chi connectivity index (χ1n) is 4.93. The van der Waals surface area contributed by atoms with Gasteiger partial charge < -0.3 is 10.2 Å². The van der Waals surface area contributed by atoms with Gasteiger partial charge in [-0.25, -0.2) is 4.98 Å². The Hall–Kier alpha value is -1.17. The van der Waals surface area contributed by atoms with Crippen LogP contribution in [0.3, 0.4) is 0 Å². The van der Waals surface area contributed by atoms with Gasteiger partial charge in [-0.2, -0.15) is 0 Å². The van der Waals surface area contributed by atoms with Crippen molar-refractivity contribution in [2.24, 2.45) is 0 Å². The highest BCUT2D eigenvalue weighted by atomic mass is 32.2. The minimum Gasteiger partial charge on any atom is -0.394 e. The van der Waals surface area contributed by atoms with Gasteiger partial charge in [-0.15, -0.1) is 11.8 Å². The molecule has 0 saturated heterocycles. The molecule has 0 spiro atoms. The van der Waals surface area contributed by atoms with Crippen LogP contribution in [0.1, 0.15) is 0 Å². The molecular formula is C11H12N2O2S. The van der Waals surface area contributed by atoms with Gasteiger partial charge in [-0.05, 0) is 12.1 Å². The maximum absolute atomic E-state index is 9.21. The quantitative estimate of drug-likeness (QED) is 0.777. The van der Waals surface area contributed by atoms with E-state index in [4.69, 9.17) is 5.11 Å². The normalized spacial score (nSPS) is 12.9. The van der Waals surface area contributed by atoms with Crippen LogP contribution in [0.4, 0.5) is 0 Å². The standard InChI is InChI=1S/C11H12N2O2S/c14-6-8(15)7-16-11-5-12-9-3-1-2-4-10(9)13-11/h1-5,8,14-15H,6-7H2/t8-/m1/s1. The second-order valence-corrected chi connectivity index (χ2v) is 4.38. The number of rotatable bonds is 4. The molecule has 0 aliphatic heterocycles. The number of nitrogens with zero attached hydrogens (tertiary/aromatic N) is 2. The third-order valence-corrected chi connectivity index (χ3v) is 3.10. The van der Waals surface area contributed by atoms with E-state index >= 15 is 0 Å². The van der Waals surface area contributed by atoms with Crippen molar-refractivity contribution < 1.29 is 10.2 Å². The Morgan fingerprint density at radius 3 is 2.75 bits per heavy atom. The van der Waals surface area contributed by atoms with E-state index in [0.29, 0.717) is 5.75 Å². The summed E-state index contributed by atoms with van der Waals surface area (Å²) in [4.78, 5) is 8.65. The first-order valence-corrected chi connectivity index (χ1v) is 5.91. The fraction of sp³-hybridized carbons (Fsp3) is 0.273. The zero-order valence-corrected chi connectivity index (χ0v) is 9.39. The van der Waals surface area contributed by atoms with Crippen LogP contribution in [0.15, 0.2) is 35.5 Å². The van der Waals surface area contributed by atoms with E-state index in [-0.39, 0.29) is 6.61 Å². The lowest BCUT2D eigenvalue weighted by molar-refractivity contribution is 0.113. The largest absolute Gasteiger partial charge is 0.394 e. The van der Waals surface area contributed by atoms with Crippen molar-refractivity contribution in [2.45, 2.75) is 11.1 Å². The first-order chi connectivity index (χ1) is 7.79. The third kappa shape index (κ3) is 2.69. The predicted molar refractivity (Wildman–Crippen MR) is 63.4 cm³/mol. The molecule has 0 radical (unpaired) electrons. The molecule has 1 aromatic carbocycles. The molecule has 4 nitrogen and oxygen atoms in total. The smallest absolute Gasteiger partial charge is 0.115 e. The minimum absolute atomic E-state index is 0.228. The lowest BCUT2D eigenvalue weighted by Crippen LogP contribution is -2.14. The van der Waals surface area contributed by atoms with E-state index in [1.165, 1.54) is 11.8 Å². The van der Waals surface area contributed by atoms with Crippen molar-refractivity contribution in [3.63, 3.8) is 0 Å². The molecule has 0 bridgehead atoms. The van der Waals surface area contributed by atoms with Crippen LogP contribution >= 0.6 is 11.8 Å². The van der Waals surface area contributed by atoms with Gasteiger partial charge in [-0.3, -0.25) is 4.98 Å².